The molecular weight excluding hydrogens is 320 g/mol. The van der Waals surface area contributed by atoms with Gasteiger partial charge in [0.05, 0.1) is 19.3 Å². The highest BCUT2D eigenvalue weighted by atomic mass is 79.9. The predicted molar refractivity (Wildman–Crippen MR) is 79.6 cm³/mol. The number of rotatable bonds is 4. The van der Waals surface area contributed by atoms with Crippen molar-refractivity contribution in [2.24, 2.45) is 0 Å². The van der Waals surface area contributed by atoms with Gasteiger partial charge in [0.25, 0.3) is 0 Å². The summed E-state index contributed by atoms with van der Waals surface area (Å²) in [6.07, 6.45) is 5.73. The van der Waals surface area contributed by atoms with Gasteiger partial charge in [-0.15, -0.1) is 5.10 Å². The Labute approximate surface area is 126 Å². The van der Waals surface area contributed by atoms with Gasteiger partial charge in [0.2, 0.25) is 0 Å². The SMILES string of the molecule is Brc1ccc2c(c1)OCCCC2NCCn1ccnn1. The number of hydrogen-bond acceptors (Lipinski definition) is 4. The molecule has 1 aromatic carbocycles. The van der Waals surface area contributed by atoms with E-state index >= 15 is 0 Å². The molecule has 1 aliphatic rings. The van der Waals surface area contributed by atoms with Gasteiger partial charge < -0.3 is 10.1 Å². The summed E-state index contributed by atoms with van der Waals surface area (Å²) in [7, 11) is 0. The van der Waals surface area contributed by atoms with Crippen LogP contribution in [0.2, 0.25) is 0 Å². The molecule has 5 nitrogen and oxygen atoms in total. The third-order valence-electron chi connectivity index (χ3n) is 3.45. The average molecular weight is 337 g/mol. The van der Waals surface area contributed by atoms with E-state index in [1.165, 1.54) is 5.56 Å². The molecule has 0 radical (unpaired) electrons. The Bertz CT molecular complexity index is 558. The number of hydrogen-bond donors (Lipinski definition) is 1. The second-order valence-electron chi connectivity index (χ2n) is 4.85. The highest BCUT2D eigenvalue weighted by Crippen LogP contribution is 2.33. The molecule has 20 heavy (non-hydrogen) atoms. The summed E-state index contributed by atoms with van der Waals surface area (Å²) < 4.78 is 8.71. The second-order valence-corrected chi connectivity index (χ2v) is 5.76. The van der Waals surface area contributed by atoms with Crippen molar-refractivity contribution < 1.29 is 4.74 Å². The van der Waals surface area contributed by atoms with E-state index in [1.54, 1.807) is 6.20 Å². The Hall–Kier alpha value is -1.40. The number of fused-ring (bicyclic) bond motifs is 1. The molecule has 1 aromatic heterocycles. The zero-order valence-electron chi connectivity index (χ0n) is 11.1. The summed E-state index contributed by atoms with van der Waals surface area (Å²) in [6, 6.07) is 6.59. The van der Waals surface area contributed by atoms with Crippen LogP contribution in [-0.2, 0) is 6.54 Å². The molecule has 0 saturated heterocycles. The molecule has 1 atom stereocenters. The summed E-state index contributed by atoms with van der Waals surface area (Å²) >= 11 is 3.50. The predicted octanol–water partition coefficient (Wildman–Crippen LogP) is 2.54. The van der Waals surface area contributed by atoms with Gasteiger partial charge in [-0.25, -0.2) is 0 Å². The fourth-order valence-corrected chi connectivity index (χ4v) is 2.80. The first-order valence-corrected chi connectivity index (χ1v) is 7.62. The Morgan fingerprint density at radius 3 is 3.25 bits per heavy atom. The molecule has 1 N–H and O–H groups in total. The molecular formula is C14H17BrN4O. The third-order valence-corrected chi connectivity index (χ3v) is 3.94. The van der Waals surface area contributed by atoms with Crippen LogP contribution in [0.4, 0.5) is 0 Å². The van der Waals surface area contributed by atoms with Crippen LogP contribution in [0.3, 0.4) is 0 Å². The molecule has 0 fully saturated rings. The average Bonchev–Trinajstić information content (AvgIpc) is 2.87. The van der Waals surface area contributed by atoms with Crippen LogP contribution in [0.15, 0.2) is 35.1 Å². The van der Waals surface area contributed by atoms with Crippen LogP contribution in [-0.4, -0.2) is 28.1 Å². The van der Waals surface area contributed by atoms with Gasteiger partial charge >= 0.3 is 0 Å². The second kappa shape index (κ2) is 6.37. The Morgan fingerprint density at radius 2 is 2.40 bits per heavy atom. The van der Waals surface area contributed by atoms with Crippen LogP contribution in [0, 0.1) is 0 Å². The Balaban J connectivity index is 1.67. The monoisotopic (exact) mass is 336 g/mol. The third kappa shape index (κ3) is 3.19. The minimum Gasteiger partial charge on any atom is -0.493 e. The number of nitrogens with one attached hydrogen (secondary N) is 1. The van der Waals surface area contributed by atoms with E-state index in [9.17, 15) is 0 Å². The maximum absolute atomic E-state index is 5.81. The van der Waals surface area contributed by atoms with Crippen molar-refractivity contribution in [2.75, 3.05) is 13.2 Å². The van der Waals surface area contributed by atoms with E-state index in [-0.39, 0.29) is 0 Å². The smallest absolute Gasteiger partial charge is 0.125 e. The molecule has 0 spiro atoms. The van der Waals surface area contributed by atoms with E-state index in [4.69, 9.17) is 4.74 Å². The van der Waals surface area contributed by atoms with E-state index in [0.29, 0.717) is 6.04 Å². The lowest BCUT2D eigenvalue weighted by Crippen LogP contribution is -2.25. The lowest BCUT2D eigenvalue weighted by atomic mass is 10.0. The van der Waals surface area contributed by atoms with E-state index < -0.39 is 0 Å². The van der Waals surface area contributed by atoms with E-state index in [1.807, 2.05) is 16.9 Å². The molecule has 6 heteroatoms. The highest BCUT2D eigenvalue weighted by Gasteiger charge is 2.19. The largest absolute Gasteiger partial charge is 0.493 e. The fraction of sp³-hybridized carbons (Fsp3) is 0.429. The minimum atomic E-state index is 0.337. The van der Waals surface area contributed by atoms with Crippen LogP contribution in [0.5, 0.6) is 5.75 Å². The molecule has 0 saturated carbocycles. The maximum atomic E-state index is 5.81. The van der Waals surface area contributed by atoms with Crippen molar-refractivity contribution in [3.05, 3.63) is 40.6 Å². The van der Waals surface area contributed by atoms with Crippen LogP contribution >= 0.6 is 15.9 Å². The molecule has 0 amide bonds. The minimum absolute atomic E-state index is 0.337. The van der Waals surface area contributed by atoms with Crippen molar-refractivity contribution in [1.29, 1.82) is 0 Å². The summed E-state index contributed by atoms with van der Waals surface area (Å²) in [4.78, 5) is 0. The topological polar surface area (TPSA) is 52.0 Å². The summed E-state index contributed by atoms with van der Waals surface area (Å²) in [6.45, 7) is 2.47. The summed E-state index contributed by atoms with van der Waals surface area (Å²) in [5.74, 6) is 0.982. The zero-order chi connectivity index (χ0) is 13.8. The number of ether oxygens (including phenoxy) is 1. The van der Waals surface area contributed by atoms with Gasteiger partial charge in [0.15, 0.2) is 0 Å². The van der Waals surface area contributed by atoms with Crippen molar-refractivity contribution in [1.82, 2.24) is 20.3 Å². The molecule has 1 unspecified atom stereocenters. The van der Waals surface area contributed by atoms with E-state index in [2.05, 4.69) is 43.7 Å². The first-order valence-electron chi connectivity index (χ1n) is 6.82. The fourth-order valence-electron chi connectivity index (χ4n) is 2.46. The number of benzene rings is 1. The van der Waals surface area contributed by atoms with Gasteiger partial charge in [0.1, 0.15) is 5.75 Å². The maximum Gasteiger partial charge on any atom is 0.125 e. The van der Waals surface area contributed by atoms with Crippen LogP contribution < -0.4 is 10.1 Å². The van der Waals surface area contributed by atoms with Crippen molar-refractivity contribution in [3.8, 4) is 5.75 Å². The van der Waals surface area contributed by atoms with Crippen LogP contribution in [0.1, 0.15) is 24.4 Å². The standard InChI is InChI=1S/C14H17BrN4O/c15-11-3-4-12-13(2-1-9-20-14(12)10-11)16-5-7-19-8-6-17-18-19/h3-4,6,8,10,13,16H,1-2,5,7,9H2. The van der Waals surface area contributed by atoms with Crippen molar-refractivity contribution in [3.63, 3.8) is 0 Å². The zero-order valence-corrected chi connectivity index (χ0v) is 12.7. The number of nitrogens with zero attached hydrogens (tertiary/aromatic N) is 3. The molecule has 1 aliphatic heterocycles. The Kier molecular flexibility index (Phi) is 4.32. The Morgan fingerprint density at radius 1 is 1.45 bits per heavy atom. The summed E-state index contributed by atoms with van der Waals surface area (Å²) in [5.41, 5.74) is 1.24. The first-order chi connectivity index (χ1) is 9.83. The molecule has 0 aliphatic carbocycles. The number of halogens is 1. The molecule has 106 valence electrons. The highest BCUT2D eigenvalue weighted by molar-refractivity contribution is 9.10. The van der Waals surface area contributed by atoms with Crippen molar-refractivity contribution in [2.45, 2.75) is 25.4 Å². The lowest BCUT2D eigenvalue weighted by Gasteiger charge is -2.18. The summed E-state index contributed by atoms with van der Waals surface area (Å²) in [5, 5.41) is 11.4. The molecule has 0 bridgehead atoms. The van der Waals surface area contributed by atoms with Gasteiger partial charge in [-0.05, 0) is 25.0 Å². The van der Waals surface area contributed by atoms with E-state index in [0.717, 1.165) is 42.8 Å². The molecule has 2 heterocycles. The molecule has 2 aromatic rings. The van der Waals surface area contributed by atoms with Gasteiger partial charge in [-0.3, -0.25) is 4.68 Å². The van der Waals surface area contributed by atoms with Gasteiger partial charge in [-0.2, -0.15) is 0 Å². The lowest BCUT2D eigenvalue weighted by molar-refractivity contribution is 0.315. The van der Waals surface area contributed by atoms with Gasteiger partial charge in [0, 0.05) is 28.8 Å². The van der Waals surface area contributed by atoms with Crippen molar-refractivity contribution >= 4 is 15.9 Å². The van der Waals surface area contributed by atoms with Gasteiger partial charge in [-0.1, -0.05) is 27.2 Å². The first kappa shape index (κ1) is 13.6. The van der Waals surface area contributed by atoms with Crippen LogP contribution in [0.25, 0.3) is 0 Å². The quantitative estimate of drug-likeness (QED) is 0.932. The molecule has 3 rings (SSSR count). The number of aromatic nitrogens is 3. The normalized spacial score (nSPS) is 18.1.